The van der Waals surface area contributed by atoms with Crippen molar-refractivity contribution in [2.24, 2.45) is 5.73 Å². The predicted octanol–water partition coefficient (Wildman–Crippen LogP) is 0.384. The number of carbonyl (C=O) groups excluding carboxylic acids is 3. The summed E-state index contributed by atoms with van der Waals surface area (Å²) >= 11 is 0. The van der Waals surface area contributed by atoms with E-state index in [1.54, 1.807) is 29.2 Å². The molecule has 0 aromatic heterocycles. The molecule has 1 heterocycles. The van der Waals surface area contributed by atoms with Crippen LogP contribution in [0.15, 0.2) is 24.3 Å². The maximum atomic E-state index is 11.6. The van der Waals surface area contributed by atoms with Crippen molar-refractivity contribution in [3.05, 3.63) is 29.8 Å². The molecule has 1 saturated heterocycles. The molecule has 2 N–H and O–H groups in total. The number of ether oxygens (including phenoxy) is 1. The van der Waals surface area contributed by atoms with E-state index in [0.717, 1.165) is 24.2 Å². The lowest BCUT2D eigenvalue weighted by Crippen LogP contribution is -2.23. The number of rotatable bonds is 5. The Labute approximate surface area is 116 Å². The molecule has 20 heavy (non-hydrogen) atoms. The smallest absolute Gasteiger partial charge is 0.310 e. The van der Waals surface area contributed by atoms with Gasteiger partial charge in [-0.2, -0.15) is 0 Å². The van der Waals surface area contributed by atoms with Gasteiger partial charge in [0, 0.05) is 18.7 Å². The molecule has 1 aromatic rings. The highest BCUT2D eigenvalue weighted by Crippen LogP contribution is 2.21. The van der Waals surface area contributed by atoms with Crippen LogP contribution in [-0.4, -0.2) is 30.9 Å². The monoisotopic (exact) mass is 276 g/mol. The van der Waals surface area contributed by atoms with Gasteiger partial charge in [-0.1, -0.05) is 12.1 Å². The average Bonchev–Trinajstić information content (AvgIpc) is 2.84. The number of nitrogens with two attached hydrogens (primary N) is 1. The molecule has 6 heteroatoms. The first kappa shape index (κ1) is 14.0. The molecule has 6 nitrogen and oxygen atoms in total. The van der Waals surface area contributed by atoms with Gasteiger partial charge in [-0.15, -0.1) is 0 Å². The summed E-state index contributed by atoms with van der Waals surface area (Å²) in [5.74, 6) is -1.06. The Hall–Kier alpha value is -2.37. The van der Waals surface area contributed by atoms with Gasteiger partial charge in [0.05, 0.1) is 6.42 Å². The number of anilines is 1. The molecule has 1 aliphatic rings. The minimum atomic E-state index is -0.679. The SMILES string of the molecule is NC(=O)COC(=O)Cc1ccc(N2CCCC2=O)cc1. The van der Waals surface area contributed by atoms with Gasteiger partial charge in [-0.05, 0) is 24.1 Å². The molecule has 0 aliphatic carbocycles. The van der Waals surface area contributed by atoms with E-state index in [0.29, 0.717) is 6.42 Å². The molecule has 0 saturated carbocycles. The summed E-state index contributed by atoms with van der Waals surface area (Å²) < 4.78 is 4.68. The van der Waals surface area contributed by atoms with Gasteiger partial charge in [0.25, 0.3) is 5.91 Å². The lowest BCUT2D eigenvalue weighted by Gasteiger charge is -2.15. The van der Waals surface area contributed by atoms with Gasteiger partial charge in [0.1, 0.15) is 0 Å². The van der Waals surface area contributed by atoms with Crippen LogP contribution in [0.3, 0.4) is 0 Å². The minimum Gasteiger partial charge on any atom is -0.455 e. The van der Waals surface area contributed by atoms with Crippen molar-refractivity contribution >= 4 is 23.5 Å². The quantitative estimate of drug-likeness (QED) is 0.787. The molecule has 106 valence electrons. The second kappa shape index (κ2) is 6.18. The average molecular weight is 276 g/mol. The molecule has 0 unspecified atom stereocenters. The Bertz CT molecular complexity index is 524. The summed E-state index contributed by atoms with van der Waals surface area (Å²) in [6.07, 6.45) is 1.53. The Morgan fingerprint density at radius 2 is 1.95 bits per heavy atom. The molecular formula is C14H16N2O4. The van der Waals surface area contributed by atoms with Gasteiger partial charge in [-0.25, -0.2) is 0 Å². The highest BCUT2D eigenvalue weighted by atomic mass is 16.5. The van der Waals surface area contributed by atoms with Crippen molar-refractivity contribution in [1.82, 2.24) is 0 Å². The molecule has 2 amide bonds. The summed E-state index contributed by atoms with van der Waals surface area (Å²) in [7, 11) is 0. The van der Waals surface area contributed by atoms with Crippen LogP contribution < -0.4 is 10.6 Å². The zero-order valence-corrected chi connectivity index (χ0v) is 11.0. The molecule has 1 aliphatic heterocycles. The normalized spacial score (nSPS) is 14.4. The van der Waals surface area contributed by atoms with Crippen molar-refractivity contribution in [3.63, 3.8) is 0 Å². The van der Waals surface area contributed by atoms with Crippen LogP contribution in [0.2, 0.25) is 0 Å². The number of amides is 2. The van der Waals surface area contributed by atoms with Gasteiger partial charge < -0.3 is 15.4 Å². The van der Waals surface area contributed by atoms with E-state index in [9.17, 15) is 14.4 Å². The van der Waals surface area contributed by atoms with Gasteiger partial charge in [-0.3, -0.25) is 14.4 Å². The number of nitrogens with zero attached hydrogens (tertiary/aromatic N) is 1. The lowest BCUT2D eigenvalue weighted by molar-refractivity contribution is -0.147. The van der Waals surface area contributed by atoms with E-state index < -0.39 is 18.5 Å². The van der Waals surface area contributed by atoms with Crippen LogP contribution in [0, 0.1) is 0 Å². The Kier molecular flexibility index (Phi) is 4.34. The number of hydrogen-bond acceptors (Lipinski definition) is 4. The van der Waals surface area contributed by atoms with Crippen molar-refractivity contribution < 1.29 is 19.1 Å². The van der Waals surface area contributed by atoms with Crippen LogP contribution in [0.1, 0.15) is 18.4 Å². The summed E-state index contributed by atoms with van der Waals surface area (Å²) in [6, 6.07) is 7.15. The summed E-state index contributed by atoms with van der Waals surface area (Å²) in [5, 5.41) is 0. The number of carbonyl (C=O) groups is 3. The Morgan fingerprint density at radius 3 is 2.50 bits per heavy atom. The predicted molar refractivity (Wildman–Crippen MR) is 71.9 cm³/mol. The molecule has 0 bridgehead atoms. The van der Waals surface area contributed by atoms with Crippen LogP contribution in [-0.2, 0) is 25.5 Å². The third-order valence-corrected chi connectivity index (χ3v) is 3.05. The van der Waals surface area contributed by atoms with Crippen molar-refractivity contribution in [2.45, 2.75) is 19.3 Å². The molecule has 0 spiro atoms. The van der Waals surface area contributed by atoms with Gasteiger partial charge in [0.2, 0.25) is 5.91 Å². The first-order valence-electron chi connectivity index (χ1n) is 6.39. The second-order valence-corrected chi connectivity index (χ2v) is 4.62. The molecule has 0 radical (unpaired) electrons. The third-order valence-electron chi connectivity index (χ3n) is 3.05. The topological polar surface area (TPSA) is 89.7 Å². The maximum Gasteiger partial charge on any atom is 0.310 e. The largest absolute Gasteiger partial charge is 0.455 e. The van der Waals surface area contributed by atoms with E-state index in [4.69, 9.17) is 5.73 Å². The van der Waals surface area contributed by atoms with E-state index in [-0.39, 0.29) is 12.3 Å². The highest BCUT2D eigenvalue weighted by molar-refractivity contribution is 5.95. The fraction of sp³-hybridized carbons (Fsp3) is 0.357. The van der Waals surface area contributed by atoms with Gasteiger partial charge >= 0.3 is 5.97 Å². The number of benzene rings is 1. The number of esters is 1. The fourth-order valence-electron chi connectivity index (χ4n) is 2.08. The van der Waals surface area contributed by atoms with Crippen molar-refractivity contribution in [2.75, 3.05) is 18.1 Å². The maximum absolute atomic E-state index is 11.6. The van der Waals surface area contributed by atoms with E-state index in [1.807, 2.05) is 0 Å². The first-order chi connectivity index (χ1) is 9.56. The third kappa shape index (κ3) is 3.57. The molecule has 1 fully saturated rings. The van der Waals surface area contributed by atoms with E-state index in [2.05, 4.69) is 4.74 Å². The first-order valence-corrected chi connectivity index (χ1v) is 6.39. The minimum absolute atomic E-state index is 0.0709. The number of primary amides is 1. The van der Waals surface area contributed by atoms with E-state index in [1.165, 1.54) is 0 Å². The fourth-order valence-corrected chi connectivity index (χ4v) is 2.08. The molecule has 0 atom stereocenters. The second-order valence-electron chi connectivity index (χ2n) is 4.62. The number of hydrogen-bond donors (Lipinski definition) is 1. The van der Waals surface area contributed by atoms with Crippen molar-refractivity contribution in [1.29, 1.82) is 0 Å². The zero-order chi connectivity index (χ0) is 14.5. The zero-order valence-electron chi connectivity index (χ0n) is 11.0. The van der Waals surface area contributed by atoms with Crippen LogP contribution in [0.25, 0.3) is 0 Å². The molecule has 2 rings (SSSR count). The summed E-state index contributed by atoms with van der Waals surface area (Å²) in [4.78, 5) is 35.2. The van der Waals surface area contributed by atoms with Crippen molar-refractivity contribution in [3.8, 4) is 0 Å². The van der Waals surface area contributed by atoms with Crippen LogP contribution >= 0.6 is 0 Å². The Morgan fingerprint density at radius 1 is 1.25 bits per heavy atom. The standard InChI is InChI=1S/C14H16N2O4/c15-12(17)9-20-14(19)8-10-3-5-11(6-4-10)16-7-1-2-13(16)18/h3-6H,1-2,7-9H2,(H2,15,17). The van der Waals surface area contributed by atoms with E-state index >= 15 is 0 Å². The summed E-state index contributed by atoms with van der Waals surface area (Å²) in [5.41, 5.74) is 6.48. The van der Waals surface area contributed by atoms with Crippen LogP contribution in [0.4, 0.5) is 5.69 Å². The van der Waals surface area contributed by atoms with Gasteiger partial charge in [0.15, 0.2) is 6.61 Å². The van der Waals surface area contributed by atoms with Crippen LogP contribution in [0.5, 0.6) is 0 Å². The summed E-state index contributed by atoms with van der Waals surface area (Å²) in [6.45, 7) is 0.331. The Balaban J connectivity index is 1.93. The highest BCUT2D eigenvalue weighted by Gasteiger charge is 2.21. The lowest BCUT2D eigenvalue weighted by atomic mass is 10.1. The molecular weight excluding hydrogens is 260 g/mol. The molecule has 1 aromatic carbocycles.